The molecule has 0 spiro atoms. The van der Waals surface area contributed by atoms with Crippen LogP contribution in [0.25, 0.3) is 11.4 Å². The highest BCUT2D eigenvalue weighted by molar-refractivity contribution is 5.82. The lowest BCUT2D eigenvalue weighted by Gasteiger charge is -2.37. The molecule has 1 amide bonds. The van der Waals surface area contributed by atoms with E-state index < -0.39 is 6.10 Å². The SMILES string of the molecule is O=C(C1COc2ccccc2O1)N1CCN(c2ccc(-c3ccccn3)nn2)CC1. The Hall–Kier alpha value is -3.68. The number of carbonyl (C=O) groups is 1. The number of piperazine rings is 1. The molecule has 1 unspecified atom stereocenters. The number of anilines is 1. The van der Waals surface area contributed by atoms with Gasteiger partial charge in [-0.2, -0.15) is 0 Å². The first kappa shape index (κ1) is 18.4. The summed E-state index contributed by atoms with van der Waals surface area (Å²) in [4.78, 5) is 21.1. The second-order valence-electron chi connectivity index (χ2n) is 7.17. The summed E-state index contributed by atoms with van der Waals surface area (Å²) < 4.78 is 11.5. The molecule has 1 atom stereocenters. The van der Waals surface area contributed by atoms with E-state index in [2.05, 4.69) is 20.1 Å². The standard InChI is InChI=1S/C22H21N5O3/c28-22(20-15-29-18-6-1-2-7-19(18)30-20)27-13-11-26(12-14-27)21-9-8-17(24-25-21)16-5-3-4-10-23-16/h1-10,20H,11-15H2. The van der Waals surface area contributed by atoms with Crippen LogP contribution in [-0.4, -0.2) is 64.9 Å². The fourth-order valence-electron chi connectivity index (χ4n) is 3.65. The average molecular weight is 403 g/mol. The predicted molar refractivity (Wildman–Crippen MR) is 110 cm³/mol. The third-order valence-corrected chi connectivity index (χ3v) is 5.28. The van der Waals surface area contributed by atoms with Crippen LogP contribution in [0.3, 0.4) is 0 Å². The molecule has 30 heavy (non-hydrogen) atoms. The zero-order valence-corrected chi connectivity index (χ0v) is 16.3. The van der Waals surface area contributed by atoms with Crippen LogP contribution in [-0.2, 0) is 4.79 Å². The van der Waals surface area contributed by atoms with Crippen molar-refractivity contribution in [1.29, 1.82) is 0 Å². The number of hydrogen-bond acceptors (Lipinski definition) is 7. The molecule has 3 aromatic rings. The third-order valence-electron chi connectivity index (χ3n) is 5.28. The summed E-state index contributed by atoms with van der Waals surface area (Å²) in [6.07, 6.45) is 1.13. The van der Waals surface area contributed by atoms with Crippen LogP contribution in [0, 0.1) is 0 Å². The lowest BCUT2D eigenvalue weighted by molar-refractivity contribution is -0.141. The highest BCUT2D eigenvalue weighted by atomic mass is 16.6. The molecule has 0 saturated carbocycles. The van der Waals surface area contributed by atoms with Crippen LogP contribution in [0.2, 0.25) is 0 Å². The van der Waals surface area contributed by atoms with Gasteiger partial charge in [0.1, 0.15) is 12.3 Å². The monoisotopic (exact) mass is 403 g/mol. The number of pyridine rings is 1. The Morgan fingerprint density at radius 3 is 2.40 bits per heavy atom. The van der Waals surface area contributed by atoms with Crippen LogP contribution in [0.15, 0.2) is 60.8 Å². The van der Waals surface area contributed by atoms with Crippen molar-refractivity contribution in [1.82, 2.24) is 20.1 Å². The summed E-state index contributed by atoms with van der Waals surface area (Å²) >= 11 is 0. The topological polar surface area (TPSA) is 80.7 Å². The molecule has 2 aliphatic rings. The number of para-hydroxylation sites is 2. The Labute approximate surface area is 174 Å². The van der Waals surface area contributed by atoms with Crippen molar-refractivity contribution in [2.75, 3.05) is 37.7 Å². The highest BCUT2D eigenvalue weighted by Gasteiger charge is 2.32. The average Bonchev–Trinajstić information content (AvgIpc) is 2.84. The minimum absolute atomic E-state index is 0.0410. The van der Waals surface area contributed by atoms with Crippen molar-refractivity contribution >= 4 is 11.7 Å². The molecule has 1 saturated heterocycles. The minimum Gasteiger partial charge on any atom is -0.485 e. The molecule has 5 rings (SSSR count). The predicted octanol–water partition coefficient (Wildman–Crippen LogP) is 2.03. The Morgan fingerprint density at radius 2 is 1.67 bits per heavy atom. The summed E-state index contributed by atoms with van der Waals surface area (Å²) in [5, 5.41) is 8.65. The first-order valence-corrected chi connectivity index (χ1v) is 9.95. The Kier molecular flexibility index (Phi) is 4.88. The van der Waals surface area contributed by atoms with Crippen molar-refractivity contribution in [2.24, 2.45) is 0 Å². The van der Waals surface area contributed by atoms with E-state index in [1.54, 1.807) is 6.20 Å². The first-order chi connectivity index (χ1) is 14.8. The number of aromatic nitrogens is 3. The normalized spacial score (nSPS) is 18.2. The molecular weight excluding hydrogens is 382 g/mol. The van der Waals surface area contributed by atoms with Gasteiger partial charge >= 0.3 is 0 Å². The fourth-order valence-corrected chi connectivity index (χ4v) is 3.65. The number of fused-ring (bicyclic) bond motifs is 1. The van der Waals surface area contributed by atoms with E-state index in [1.165, 1.54) is 0 Å². The van der Waals surface area contributed by atoms with Gasteiger partial charge in [0.2, 0.25) is 6.10 Å². The lowest BCUT2D eigenvalue weighted by atomic mass is 10.2. The molecule has 0 aliphatic carbocycles. The van der Waals surface area contributed by atoms with E-state index in [0.29, 0.717) is 37.7 Å². The van der Waals surface area contributed by atoms with Gasteiger partial charge in [-0.15, -0.1) is 10.2 Å². The maximum absolute atomic E-state index is 12.9. The van der Waals surface area contributed by atoms with E-state index in [9.17, 15) is 4.79 Å². The van der Waals surface area contributed by atoms with Crippen molar-refractivity contribution in [3.8, 4) is 22.9 Å². The van der Waals surface area contributed by atoms with Crippen molar-refractivity contribution < 1.29 is 14.3 Å². The van der Waals surface area contributed by atoms with Crippen LogP contribution < -0.4 is 14.4 Å². The van der Waals surface area contributed by atoms with Gasteiger partial charge in [0.15, 0.2) is 17.3 Å². The van der Waals surface area contributed by atoms with Crippen molar-refractivity contribution in [2.45, 2.75) is 6.10 Å². The zero-order valence-electron chi connectivity index (χ0n) is 16.3. The summed E-state index contributed by atoms with van der Waals surface area (Å²) in [6, 6.07) is 17.0. The van der Waals surface area contributed by atoms with E-state index in [4.69, 9.17) is 9.47 Å². The summed E-state index contributed by atoms with van der Waals surface area (Å²) in [5.41, 5.74) is 1.53. The molecule has 1 aromatic carbocycles. The van der Waals surface area contributed by atoms with Crippen LogP contribution in [0.4, 0.5) is 5.82 Å². The van der Waals surface area contributed by atoms with Crippen molar-refractivity contribution in [3.63, 3.8) is 0 Å². The summed E-state index contributed by atoms with van der Waals surface area (Å²) in [5.74, 6) is 2.05. The molecule has 1 fully saturated rings. The summed E-state index contributed by atoms with van der Waals surface area (Å²) in [7, 11) is 0. The number of ether oxygens (including phenoxy) is 2. The molecule has 2 aromatic heterocycles. The van der Waals surface area contributed by atoms with Gasteiger partial charge in [-0.25, -0.2) is 0 Å². The van der Waals surface area contributed by atoms with Gasteiger partial charge in [-0.05, 0) is 36.4 Å². The molecule has 0 radical (unpaired) electrons. The van der Waals surface area contributed by atoms with Gasteiger partial charge in [0, 0.05) is 32.4 Å². The highest BCUT2D eigenvalue weighted by Crippen LogP contribution is 2.31. The van der Waals surface area contributed by atoms with E-state index in [0.717, 1.165) is 17.2 Å². The van der Waals surface area contributed by atoms with Crippen LogP contribution >= 0.6 is 0 Å². The molecule has 0 bridgehead atoms. The fraction of sp³-hybridized carbons (Fsp3) is 0.273. The number of rotatable bonds is 3. The van der Waals surface area contributed by atoms with Gasteiger partial charge in [-0.3, -0.25) is 9.78 Å². The second-order valence-corrected chi connectivity index (χ2v) is 7.17. The molecular formula is C22H21N5O3. The molecule has 0 N–H and O–H groups in total. The van der Waals surface area contributed by atoms with Crippen molar-refractivity contribution in [3.05, 3.63) is 60.8 Å². The van der Waals surface area contributed by atoms with Gasteiger partial charge < -0.3 is 19.3 Å². The maximum Gasteiger partial charge on any atom is 0.267 e. The Balaban J connectivity index is 1.19. The molecule has 8 nitrogen and oxygen atoms in total. The van der Waals surface area contributed by atoms with Gasteiger partial charge in [0.25, 0.3) is 5.91 Å². The minimum atomic E-state index is -0.608. The van der Waals surface area contributed by atoms with Gasteiger partial charge in [-0.1, -0.05) is 18.2 Å². The lowest BCUT2D eigenvalue weighted by Crippen LogP contribution is -2.54. The number of hydrogen-bond donors (Lipinski definition) is 0. The Bertz CT molecular complexity index is 1020. The second kappa shape index (κ2) is 7.98. The smallest absolute Gasteiger partial charge is 0.267 e. The van der Waals surface area contributed by atoms with Crippen LogP contribution in [0.1, 0.15) is 0 Å². The van der Waals surface area contributed by atoms with E-state index in [-0.39, 0.29) is 12.5 Å². The largest absolute Gasteiger partial charge is 0.485 e. The quantitative estimate of drug-likeness (QED) is 0.662. The summed E-state index contributed by atoms with van der Waals surface area (Å²) in [6.45, 7) is 2.81. The molecule has 8 heteroatoms. The number of carbonyl (C=O) groups excluding carboxylic acids is 1. The number of amides is 1. The Morgan fingerprint density at radius 1 is 0.867 bits per heavy atom. The molecule has 4 heterocycles. The first-order valence-electron chi connectivity index (χ1n) is 9.95. The number of nitrogens with zero attached hydrogens (tertiary/aromatic N) is 5. The molecule has 2 aliphatic heterocycles. The third kappa shape index (κ3) is 3.63. The van der Waals surface area contributed by atoms with E-state index >= 15 is 0 Å². The molecule has 152 valence electrons. The van der Waals surface area contributed by atoms with E-state index in [1.807, 2.05) is 59.5 Å². The van der Waals surface area contributed by atoms with Gasteiger partial charge in [0.05, 0.1) is 5.69 Å². The van der Waals surface area contributed by atoms with Crippen LogP contribution in [0.5, 0.6) is 11.5 Å². The maximum atomic E-state index is 12.9. The zero-order chi connectivity index (χ0) is 20.3. The number of benzene rings is 1.